The SMILES string of the molecule is Clc1sc(COCc2sc(Cl)c(Cl)c2Cl)c(Cl)c1Cl. The second-order valence-electron chi connectivity index (χ2n) is 3.35. The van der Waals surface area contributed by atoms with E-state index in [-0.39, 0.29) is 0 Å². The van der Waals surface area contributed by atoms with Gasteiger partial charge in [-0.1, -0.05) is 69.6 Å². The molecule has 19 heavy (non-hydrogen) atoms. The molecule has 9 heteroatoms. The summed E-state index contributed by atoms with van der Waals surface area (Å²) in [5.41, 5.74) is 0. The standard InChI is InChI=1S/C10H4Cl6OS2/c11-5-3(18-9(15)7(5)13)1-17-2-4-6(12)8(14)10(16)19-4/h1-2H2. The van der Waals surface area contributed by atoms with E-state index in [1.54, 1.807) is 0 Å². The van der Waals surface area contributed by atoms with Crippen LogP contribution in [0.2, 0.25) is 28.8 Å². The van der Waals surface area contributed by atoms with Gasteiger partial charge in [0.05, 0.1) is 43.1 Å². The molecule has 2 rings (SSSR count). The Labute approximate surface area is 147 Å². The van der Waals surface area contributed by atoms with Crippen LogP contribution in [0.5, 0.6) is 0 Å². The van der Waals surface area contributed by atoms with Crippen molar-refractivity contribution in [2.45, 2.75) is 13.2 Å². The maximum atomic E-state index is 6.00. The fourth-order valence-corrected chi connectivity index (χ4v) is 4.78. The smallest absolute Gasteiger partial charge is 0.113 e. The molecule has 2 aromatic heterocycles. The normalized spacial score (nSPS) is 11.3. The van der Waals surface area contributed by atoms with Crippen LogP contribution in [0.4, 0.5) is 0 Å². The van der Waals surface area contributed by atoms with Gasteiger partial charge in [0.15, 0.2) is 0 Å². The number of ether oxygens (including phenoxy) is 1. The zero-order valence-electron chi connectivity index (χ0n) is 8.91. The van der Waals surface area contributed by atoms with Crippen LogP contribution in [-0.4, -0.2) is 0 Å². The van der Waals surface area contributed by atoms with Crippen LogP contribution < -0.4 is 0 Å². The van der Waals surface area contributed by atoms with Crippen molar-refractivity contribution < 1.29 is 4.74 Å². The van der Waals surface area contributed by atoms with Gasteiger partial charge in [0.2, 0.25) is 0 Å². The van der Waals surface area contributed by atoms with Gasteiger partial charge in [-0.3, -0.25) is 0 Å². The molecule has 0 N–H and O–H groups in total. The molecule has 0 aromatic carbocycles. The molecule has 0 unspecified atom stereocenters. The first-order chi connectivity index (χ1) is 8.91. The molecule has 0 aliphatic carbocycles. The number of rotatable bonds is 4. The van der Waals surface area contributed by atoms with E-state index in [9.17, 15) is 0 Å². The minimum Gasteiger partial charge on any atom is -0.370 e. The van der Waals surface area contributed by atoms with Crippen molar-refractivity contribution in [3.63, 3.8) is 0 Å². The predicted molar refractivity (Wildman–Crippen MR) is 87.2 cm³/mol. The summed E-state index contributed by atoms with van der Waals surface area (Å²) >= 11 is 38.1. The van der Waals surface area contributed by atoms with E-state index in [4.69, 9.17) is 74.3 Å². The molecule has 0 atom stereocenters. The summed E-state index contributed by atoms with van der Waals surface area (Å²) < 4.78 is 6.42. The second-order valence-corrected chi connectivity index (χ2v) is 8.27. The van der Waals surface area contributed by atoms with Crippen molar-refractivity contribution in [1.29, 1.82) is 0 Å². The minimum absolute atomic E-state index is 0.291. The maximum Gasteiger partial charge on any atom is 0.113 e. The third-order valence-corrected chi connectivity index (χ3v) is 7.28. The van der Waals surface area contributed by atoms with Crippen LogP contribution in [0, 0.1) is 0 Å². The summed E-state index contributed by atoms with van der Waals surface area (Å²) in [5.74, 6) is 0. The van der Waals surface area contributed by atoms with Crippen LogP contribution in [0.25, 0.3) is 0 Å². The van der Waals surface area contributed by atoms with Crippen molar-refractivity contribution in [2.24, 2.45) is 0 Å². The van der Waals surface area contributed by atoms with Crippen LogP contribution >= 0.6 is 92.3 Å². The monoisotopic (exact) mass is 414 g/mol. The molecular formula is C10H4Cl6OS2. The van der Waals surface area contributed by atoms with Crippen LogP contribution in [0.1, 0.15) is 9.75 Å². The van der Waals surface area contributed by atoms with E-state index < -0.39 is 0 Å². The summed E-state index contributed by atoms with van der Waals surface area (Å²) in [5, 5.41) is 1.55. The molecule has 0 fully saturated rings. The lowest BCUT2D eigenvalue weighted by molar-refractivity contribution is 0.111. The fraction of sp³-hybridized carbons (Fsp3) is 0.200. The average molecular weight is 417 g/mol. The summed E-state index contributed by atoms with van der Waals surface area (Å²) in [6, 6.07) is 0. The molecule has 0 saturated heterocycles. The first-order valence-electron chi connectivity index (χ1n) is 4.73. The van der Waals surface area contributed by atoms with Crippen molar-refractivity contribution in [1.82, 2.24) is 0 Å². The molecule has 0 aliphatic rings. The van der Waals surface area contributed by atoms with Gasteiger partial charge in [0.1, 0.15) is 8.67 Å². The lowest BCUT2D eigenvalue weighted by Crippen LogP contribution is -1.91. The van der Waals surface area contributed by atoms with Crippen molar-refractivity contribution in [3.8, 4) is 0 Å². The molecule has 2 heterocycles. The lowest BCUT2D eigenvalue weighted by atomic mass is 10.4. The quantitative estimate of drug-likeness (QED) is 0.502. The van der Waals surface area contributed by atoms with E-state index >= 15 is 0 Å². The molecule has 104 valence electrons. The van der Waals surface area contributed by atoms with Crippen LogP contribution in [-0.2, 0) is 18.0 Å². The Morgan fingerprint density at radius 1 is 0.632 bits per heavy atom. The first kappa shape index (κ1) is 16.5. The summed E-state index contributed by atoms with van der Waals surface area (Å²) in [6.07, 6.45) is 0. The van der Waals surface area contributed by atoms with Gasteiger partial charge in [0, 0.05) is 0 Å². The lowest BCUT2D eigenvalue weighted by Gasteiger charge is -2.01. The molecule has 0 spiro atoms. The second kappa shape index (κ2) is 6.91. The fourth-order valence-electron chi connectivity index (χ4n) is 1.23. The number of hydrogen-bond donors (Lipinski definition) is 0. The van der Waals surface area contributed by atoms with Gasteiger partial charge >= 0.3 is 0 Å². The molecule has 0 aliphatic heterocycles. The Hall–Kier alpha value is 1.10. The van der Waals surface area contributed by atoms with Crippen LogP contribution in [0.15, 0.2) is 0 Å². The van der Waals surface area contributed by atoms with E-state index in [0.717, 1.165) is 9.75 Å². The van der Waals surface area contributed by atoms with E-state index in [2.05, 4.69) is 0 Å². The van der Waals surface area contributed by atoms with Crippen molar-refractivity contribution in [2.75, 3.05) is 0 Å². The topological polar surface area (TPSA) is 9.23 Å². The summed E-state index contributed by atoms with van der Waals surface area (Å²) in [4.78, 5) is 1.53. The predicted octanol–water partition coefficient (Wildman–Crippen LogP) is 7.45. The Balaban J connectivity index is 2.00. The molecule has 0 radical (unpaired) electrons. The van der Waals surface area contributed by atoms with E-state index in [1.807, 2.05) is 0 Å². The van der Waals surface area contributed by atoms with E-state index in [1.165, 1.54) is 22.7 Å². The molecule has 2 aromatic rings. The van der Waals surface area contributed by atoms with Crippen molar-refractivity contribution in [3.05, 3.63) is 38.5 Å². The van der Waals surface area contributed by atoms with Gasteiger partial charge in [0.25, 0.3) is 0 Å². The highest BCUT2D eigenvalue weighted by atomic mass is 35.5. The summed E-state index contributed by atoms with van der Waals surface area (Å²) in [7, 11) is 0. The highest BCUT2D eigenvalue weighted by molar-refractivity contribution is 7.18. The maximum absolute atomic E-state index is 6.00. The van der Waals surface area contributed by atoms with E-state index in [0.29, 0.717) is 42.0 Å². The van der Waals surface area contributed by atoms with Gasteiger partial charge in [-0.15, -0.1) is 22.7 Å². The van der Waals surface area contributed by atoms with Crippen LogP contribution in [0.3, 0.4) is 0 Å². The average Bonchev–Trinajstić information content (AvgIpc) is 2.76. The molecular weight excluding hydrogens is 413 g/mol. The Bertz CT molecular complexity index is 553. The first-order valence-corrected chi connectivity index (χ1v) is 8.64. The minimum atomic E-state index is 0.291. The zero-order chi connectivity index (χ0) is 14.2. The third-order valence-electron chi connectivity index (χ3n) is 2.11. The molecule has 1 nitrogen and oxygen atoms in total. The number of hydrogen-bond acceptors (Lipinski definition) is 3. The van der Waals surface area contributed by atoms with Gasteiger partial charge < -0.3 is 4.74 Å². The highest BCUT2D eigenvalue weighted by Gasteiger charge is 2.16. The Morgan fingerprint density at radius 3 is 1.26 bits per heavy atom. The van der Waals surface area contributed by atoms with Gasteiger partial charge in [-0.2, -0.15) is 0 Å². The third kappa shape index (κ3) is 3.65. The number of halogens is 6. The molecule has 0 saturated carbocycles. The Kier molecular flexibility index (Phi) is 5.99. The Morgan fingerprint density at radius 2 is 1.00 bits per heavy atom. The highest BCUT2D eigenvalue weighted by Crippen LogP contribution is 2.42. The number of thiophene rings is 2. The van der Waals surface area contributed by atoms with Crippen molar-refractivity contribution >= 4 is 92.3 Å². The summed E-state index contributed by atoms with van der Waals surface area (Å²) in [6.45, 7) is 0.582. The van der Waals surface area contributed by atoms with Gasteiger partial charge in [-0.25, -0.2) is 0 Å². The molecule has 0 bridgehead atoms. The molecule has 0 amide bonds. The van der Waals surface area contributed by atoms with Gasteiger partial charge in [-0.05, 0) is 0 Å². The largest absolute Gasteiger partial charge is 0.370 e. The zero-order valence-corrected chi connectivity index (χ0v) is 15.1.